The van der Waals surface area contributed by atoms with E-state index in [-0.39, 0.29) is 5.92 Å². The molecular weight excluding hydrogens is 373 g/mol. The maximum Gasteiger partial charge on any atom is 0.351 e. The van der Waals surface area contributed by atoms with E-state index in [1.54, 1.807) is 20.8 Å². The van der Waals surface area contributed by atoms with Crippen molar-refractivity contribution < 1.29 is 32.7 Å². The Bertz CT molecular complexity index is 551. The van der Waals surface area contributed by atoms with Crippen molar-refractivity contribution in [2.75, 3.05) is 14.2 Å². The summed E-state index contributed by atoms with van der Waals surface area (Å²) < 4.78 is 32.5. The van der Waals surface area contributed by atoms with Gasteiger partial charge in [-0.05, 0) is 44.8 Å². The highest BCUT2D eigenvalue weighted by Crippen LogP contribution is 2.54. The molecule has 24 heavy (non-hydrogen) atoms. The Labute approximate surface area is 149 Å². The molecule has 6 atom stereocenters. The van der Waals surface area contributed by atoms with Crippen molar-refractivity contribution in [3.8, 4) is 0 Å². The molecule has 1 rings (SSSR count). The average Bonchev–Trinajstić information content (AvgIpc) is 2.69. The molecule has 2 radical (unpaired) electrons. The van der Waals surface area contributed by atoms with Crippen molar-refractivity contribution in [1.82, 2.24) is 0 Å². The van der Waals surface area contributed by atoms with E-state index in [9.17, 15) is 14.4 Å². The lowest BCUT2D eigenvalue weighted by atomic mass is 9.84. The van der Waals surface area contributed by atoms with Crippen LogP contribution >= 0.6 is 14.3 Å². The monoisotopic (exact) mass is 398 g/mol. The summed E-state index contributed by atoms with van der Waals surface area (Å²) in [7, 11) is 4.93. The first-order valence-corrected chi connectivity index (χ1v) is 11.6. The van der Waals surface area contributed by atoms with Crippen LogP contribution < -0.4 is 0 Å². The van der Waals surface area contributed by atoms with Gasteiger partial charge in [-0.15, -0.1) is 0 Å². The van der Waals surface area contributed by atoms with Crippen LogP contribution in [0.15, 0.2) is 11.9 Å². The highest BCUT2D eigenvalue weighted by Gasteiger charge is 2.44. The molecule has 0 aliphatic heterocycles. The summed E-state index contributed by atoms with van der Waals surface area (Å²) in [6, 6.07) is 0. The Morgan fingerprint density at radius 3 is 2.29 bits per heavy atom. The zero-order chi connectivity index (χ0) is 18.8. The van der Waals surface area contributed by atoms with Crippen LogP contribution in [0.3, 0.4) is 0 Å². The molecule has 138 valence electrons. The minimum absolute atomic E-state index is 0.282. The van der Waals surface area contributed by atoms with Crippen LogP contribution in [0.1, 0.15) is 27.2 Å². The fourth-order valence-electron chi connectivity index (χ4n) is 2.51. The Kier molecular flexibility index (Phi) is 7.89. The summed E-state index contributed by atoms with van der Waals surface area (Å²) in [6.45, 7) is 1.75. The maximum absolute atomic E-state index is 11.6. The van der Waals surface area contributed by atoms with Gasteiger partial charge in [0.05, 0.1) is 25.7 Å². The highest BCUT2D eigenvalue weighted by molar-refractivity contribution is 8.07. The molecule has 0 amide bonds. The van der Waals surface area contributed by atoms with Crippen molar-refractivity contribution in [3.63, 3.8) is 0 Å². The molecule has 3 unspecified atom stereocenters. The van der Waals surface area contributed by atoms with Crippen LogP contribution in [0.5, 0.6) is 0 Å². The van der Waals surface area contributed by atoms with Crippen LogP contribution in [0.2, 0.25) is 5.82 Å². The smallest absolute Gasteiger partial charge is 0.351 e. The van der Waals surface area contributed by atoms with Gasteiger partial charge in [0, 0.05) is 26.0 Å². The first-order valence-electron chi connectivity index (χ1n) is 7.38. The van der Waals surface area contributed by atoms with E-state index in [0.29, 0.717) is 6.42 Å². The van der Waals surface area contributed by atoms with Gasteiger partial charge in [0.15, 0.2) is 0 Å². The summed E-state index contributed by atoms with van der Waals surface area (Å²) in [5.41, 5.74) is -0.670. The van der Waals surface area contributed by atoms with Gasteiger partial charge in [0.2, 0.25) is 0 Å². The van der Waals surface area contributed by atoms with E-state index in [0.717, 1.165) is 12.9 Å². The lowest BCUT2D eigenvalue weighted by Crippen LogP contribution is -2.31. The molecule has 2 N–H and O–H groups in total. The fraction of sp³-hybridized carbons (Fsp3) is 0.846. The standard InChI is InChI=1S/C13H25BO7P2S/c1-13(2,3)21-23(17,24)20-12-10(14)8-9(11(12)18-4)6-7-22(15,16)19-5/h6-7,9-12H,8H2,1-5H3,(H,15,16)(H,17,24)/b7-6+/t9-,10?,11+,12-,23?/m0/s1. The summed E-state index contributed by atoms with van der Waals surface area (Å²) in [4.78, 5) is 19.7. The van der Waals surface area contributed by atoms with Crippen molar-refractivity contribution in [2.24, 2.45) is 5.92 Å². The second-order valence-corrected chi connectivity index (χ2v) is 11.1. The Morgan fingerprint density at radius 2 is 1.83 bits per heavy atom. The zero-order valence-electron chi connectivity index (χ0n) is 14.5. The summed E-state index contributed by atoms with van der Waals surface area (Å²) in [5, 5.41) is 0. The zero-order valence-corrected chi connectivity index (χ0v) is 17.1. The third kappa shape index (κ3) is 6.98. The largest absolute Gasteiger partial charge is 0.378 e. The second kappa shape index (κ2) is 8.42. The van der Waals surface area contributed by atoms with Gasteiger partial charge in [-0.25, -0.2) is 0 Å². The van der Waals surface area contributed by atoms with Gasteiger partial charge in [0.25, 0.3) is 0 Å². The predicted octanol–water partition coefficient (Wildman–Crippen LogP) is 2.74. The summed E-state index contributed by atoms with van der Waals surface area (Å²) in [6.07, 6.45) is 0.732. The lowest BCUT2D eigenvalue weighted by molar-refractivity contribution is -0.00962. The van der Waals surface area contributed by atoms with Gasteiger partial charge >= 0.3 is 14.3 Å². The molecule has 1 fully saturated rings. The molecule has 7 nitrogen and oxygen atoms in total. The highest BCUT2D eigenvalue weighted by atomic mass is 32.5. The first-order chi connectivity index (χ1) is 10.8. The molecule has 11 heteroatoms. The molecule has 0 heterocycles. The van der Waals surface area contributed by atoms with Crippen molar-refractivity contribution in [2.45, 2.75) is 50.8 Å². The number of methoxy groups -OCH3 is 1. The molecule has 0 aromatic carbocycles. The quantitative estimate of drug-likeness (QED) is 0.500. The third-order valence-corrected chi connectivity index (χ3v) is 6.25. The molecule has 1 saturated carbocycles. The van der Waals surface area contributed by atoms with Gasteiger partial charge in [-0.1, -0.05) is 6.08 Å². The van der Waals surface area contributed by atoms with E-state index < -0.39 is 37.9 Å². The molecule has 0 aromatic rings. The van der Waals surface area contributed by atoms with Gasteiger partial charge in [-0.2, -0.15) is 0 Å². The lowest BCUT2D eigenvalue weighted by Gasteiger charge is -2.31. The van der Waals surface area contributed by atoms with Gasteiger partial charge in [-0.3, -0.25) is 4.57 Å². The van der Waals surface area contributed by atoms with E-state index in [1.165, 1.54) is 13.2 Å². The van der Waals surface area contributed by atoms with E-state index in [1.807, 2.05) is 0 Å². The molecule has 0 aromatic heterocycles. The minimum atomic E-state index is -3.78. The summed E-state index contributed by atoms with van der Waals surface area (Å²) in [5.74, 6) is 0.345. The average molecular weight is 398 g/mol. The van der Waals surface area contributed by atoms with Crippen LogP contribution in [0.4, 0.5) is 0 Å². The maximum atomic E-state index is 11.6. The third-order valence-electron chi connectivity index (χ3n) is 3.41. The van der Waals surface area contributed by atoms with Crippen molar-refractivity contribution >= 4 is 34.0 Å². The molecule has 0 spiro atoms. The van der Waals surface area contributed by atoms with Gasteiger partial charge < -0.3 is 28.1 Å². The van der Waals surface area contributed by atoms with Crippen LogP contribution in [0, 0.1) is 5.92 Å². The molecule has 1 aliphatic rings. The first kappa shape index (κ1) is 22.5. The molecule has 1 aliphatic carbocycles. The van der Waals surface area contributed by atoms with Crippen LogP contribution in [0.25, 0.3) is 0 Å². The minimum Gasteiger partial charge on any atom is -0.378 e. The number of rotatable bonds is 7. The number of ether oxygens (including phenoxy) is 1. The Morgan fingerprint density at radius 1 is 1.25 bits per heavy atom. The van der Waals surface area contributed by atoms with Crippen LogP contribution in [-0.2, 0) is 34.7 Å². The van der Waals surface area contributed by atoms with E-state index >= 15 is 0 Å². The van der Waals surface area contributed by atoms with Gasteiger partial charge in [0.1, 0.15) is 0 Å². The Hall–Kier alpha value is 0.445. The SMILES string of the molecule is [B]C1C[C@H](/C=C/P(=O)(O)OC)[C@@H](OC)[C@H]1OP(O)(=S)OC(C)(C)C. The number of hydrogen-bond donors (Lipinski definition) is 2. The van der Waals surface area contributed by atoms with Crippen molar-refractivity contribution in [1.29, 1.82) is 0 Å². The molecule has 0 saturated heterocycles. The Balaban J connectivity index is 2.89. The fourth-order valence-corrected chi connectivity index (χ4v) is 5.35. The van der Waals surface area contributed by atoms with Crippen LogP contribution in [-0.4, -0.2) is 49.7 Å². The molecule has 0 bridgehead atoms. The topological polar surface area (TPSA) is 94.5 Å². The normalized spacial score (nSPS) is 33.5. The molecular formula is C13H25BO7P2S. The second-order valence-electron chi connectivity index (χ2n) is 6.59. The van der Waals surface area contributed by atoms with Crippen molar-refractivity contribution in [3.05, 3.63) is 11.9 Å². The predicted molar refractivity (Wildman–Crippen MR) is 96.6 cm³/mol. The number of hydrogen-bond acceptors (Lipinski definition) is 6. The van der Waals surface area contributed by atoms with E-state index in [4.69, 9.17) is 33.4 Å². The summed E-state index contributed by atoms with van der Waals surface area (Å²) >= 11 is 5.05. The van der Waals surface area contributed by atoms with E-state index in [2.05, 4.69) is 4.52 Å².